The lowest BCUT2D eigenvalue weighted by Crippen LogP contribution is -2.17. The average Bonchev–Trinajstić information content (AvgIpc) is 2.74. The van der Waals surface area contributed by atoms with E-state index in [1.165, 1.54) is 10.9 Å². The first-order valence-corrected chi connectivity index (χ1v) is 5.81. The third-order valence-electron chi connectivity index (χ3n) is 2.89. The van der Waals surface area contributed by atoms with Crippen molar-refractivity contribution in [2.75, 3.05) is 0 Å². The van der Waals surface area contributed by atoms with Crippen LogP contribution in [0.15, 0.2) is 30.5 Å². The fraction of sp³-hybridized carbons (Fsp3) is 0.231. The van der Waals surface area contributed by atoms with E-state index < -0.39 is 5.97 Å². The molecule has 1 heterocycles. The number of phenols is 1. The van der Waals surface area contributed by atoms with E-state index in [9.17, 15) is 9.90 Å². The highest BCUT2D eigenvalue weighted by Gasteiger charge is 2.14. The summed E-state index contributed by atoms with van der Waals surface area (Å²) in [6.07, 6.45) is 1.33. The highest BCUT2D eigenvalue weighted by Crippen LogP contribution is 2.15. The molecule has 0 aliphatic carbocycles. The highest BCUT2D eigenvalue weighted by atomic mass is 16.4. The van der Waals surface area contributed by atoms with Gasteiger partial charge in [0.05, 0.1) is 11.9 Å². The van der Waals surface area contributed by atoms with Crippen molar-refractivity contribution in [3.63, 3.8) is 0 Å². The maximum Gasteiger partial charge on any atom is 0.339 e. The van der Waals surface area contributed by atoms with Gasteiger partial charge in [0.1, 0.15) is 11.3 Å². The third kappa shape index (κ3) is 2.92. The molecule has 2 aromatic rings. The normalized spacial score (nSPS) is 10.6. The van der Waals surface area contributed by atoms with Crippen LogP contribution in [0.2, 0.25) is 0 Å². The molecule has 0 fully saturated rings. The van der Waals surface area contributed by atoms with Crippen molar-refractivity contribution in [3.8, 4) is 5.75 Å². The van der Waals surface area contributed by atoms with Gasteiger partial charge in [-0.3, -0.25) is 4.68 Å². The van der Waals surface area contributed by atoms with E-state index in [0.717, 1.165) is 5.56 Å². The summed E-state index contributed by atoms with van der Waals surface area (Å²) in [5, 5.41) is 25.7. The second-order valence-corrected chi connectivity index (χ2v) is 4.17. The zero-order chi connectivity index (χ0) is 13.8. The summed E-state index contributed by atoms with van der Waals surface area (Å²) in [6.45, 7) is 0.823. The first-order chi connectivity index (χ1) is 9.09. The van der Waals surface area contributed by atoms with Gasteiger partial charge in [-0.15, -0.1) is 0 Å². The SMILES string of the molecule is Cn1ncc(C(=O)O)c1CNCc1ccccc1O. The lowest BCUT2D eigenvalue weighted by molar-refractivity contribution is 0.0695. The van der Waals surface area contributed by atoms with Crippen LogP contribution in [0, 0.1) is 0 Å². The number of nitrogens with zero attached hydrogens (tertiary/aromatic N) is 2. The summed E-state index contributed by atoms with van der Waals surface area (Å²) in [5.41, 5.74) is 1.55. The fourth-order valence-electron chi connectivity index (χ4n) is 1.83. The Hall–Kier alpha value is -2.34. The van der Waals surface area contributed by atoms with E-state index in [4.69, 9.17) is 5.11 Å². The van der Waals surface area contributed by atoms with Crippen LogP contribution in [0.1, 0.15) is 21.6 Å². The molecule has 0 unspecified atom stereocenters. The Morgan fingerprint density at radius 1 is 1.37 bits per heavy atom. The van der Waals surface area contributed by atoms with Gasteiger partial charge in [-0.1, -0.05) is 18.2 Å². The zero-order valence-electron chi connectivity index (χ0n) is 10.5. The molecule has 2 rings (SSSR count). The van der Waals surface area contributed by atoms with Crippen LogP contribution in [0.5, 0.6) is 5.75 Å². The zero-order valence-corrected chi connectivity index (χ0v) is 10.5. The Morgan fingerprint density at radius 2 is 2.11 bits per heavy atom. The molecule has 19 heavy (non-hydrogen) atoms. The quantitative estimate of drug-likeness (QED) is 0.750. The van der Waals surface area contributed by atoms with Crippen LogP contribution >= 0.6 is 0 Å². The van der Waals surface area contributed by atoms with E-state index >= 15 is 0 Å². The first-order valence-electron chi connectivity index (χ1n) is 5.81. The Bertz CT molecular complexity index is 593. The predicted octanol–water partition coefficient (Wildman–Crippen LogP) is 1.11. The summed E-state index contributed by atoms with van der Waals surface area (Å²) >= 11 is 0. The van der Waals surface area contributed by atoms with Crippen molar-refractivity contribution in [3.05, 3.63) is 47.3 Å². The van der Waals surface area contributed by atoms with Crippen molar-refractivity contribution in [2.45, 2.75) is 13.1 Å². The van der Waals surface area contributed by atoms with E-state index in [-0.39, 0.29) is 11.3 Å². The number of carboxylic acids is 1. The van der Waals surface area contributed by atoms with Gasteiger partial charge < -0.3 is 15.5 Å². The van der Waals surface area contributed by atoms with Crippen molar-refractivity contribution in [1.29, 1.82) is 0 Å². The minimum Gasteiger partial charge on any atom is -0.508 e. The average molecular weight is 261 g/mol. The Labute approximate surface area is 110 Å². The maximum atomic E-state index is 11.0. The molecule has 0 spiro atoms. The van der Waals surface area contributed by atoms with Gasteiger partial charge in [0.2, 0.25) is 0 Å². The number of hydrogen-bond acceptors (Lipinski definition) is 4. The van der Waals surface area contributed by atoms with E-state index in [0.29, 0.717) is 18.8 Å². The standard InChI is InChI=1S/C13H15N3O3/c1-16-11(10(7-15-16)13(18)19)8-14-6-9-4-2-3-5-12(9)17/h2-5,7,14,17H,6,8H2,1H3,(H,18,19). The molecule has 0 bridgehead atoms. The number of aryl methyl sites for hydroxylation is 1. The van der Waals surface area contributed by atoms with Crippen molar-refractivity contribution >= 4 is 5.97 Å². The molecular weight excluding hydrogens is 246 g/mol. The van der Waals surface area contributed by atoms with Crippen LogP contribution in [0.4, 0.5) is 0 Å². The van der Waals surface area contributed by atoms with E-state index in [1.54, 1.807) is 19.2 Å². The van der Waals surface area contributed by atoms with Crippen molar-refractivity contribution in [1.82, 2.24) is 15.1 Å². The molecule has 0 aliphatic heterocycles. The molecule has 100 valence electrons. The monoisotopic (exact) mass is 261 g/mol. The van der Waals surface area contributed by atoms with Gasteiger partial charge in [0.15, 0.2) is 0 Å². The smallest absolute Gasteiger partial charge is 0.339 e. The number of aromatic carboxylic acids is 1. The van der Waals surface area contributed by atoms with Gasteiger partial charge >= 0.3 is 5.97 Å². The molecule has 0 atom stereocenters. The number of benzene rings is 1. The largest absolute Gasteiger partial charge is 0.508 e. The van der Waals surface area contributed by atoms with Gasteiger partial charge in [-0.25, -0.2) is 4.79 Å². The van der Waals surface area contributed by atoms with Crippen LogP contribution in [-0.4, -0.2) is 26.0 Å². The summed E-state index contributed by atoms with van der Waals surface area (Å²) < 4.78 is 1.53. The number of phenolic OH excluding ortho intramolecular Hbond substituents is 1. The topological polar surface area (TPSA) is 87.4 Å². The van der Waals surface area contributed by atoms with Crippen molar-refractivity contribution < 1.29 is 15.0 Å². The van der Waals surface area contributed by atoms with Gasteiger partial charge in [0.25, 0.3) is 0 Å². The number of carbonyl (C=O) groups is 1. The fourth-order valence-corrected chi connectivity index (χ4v) is 1.83. The van der Waals surface area contributed by atoms with E-state index in [2.05, 4.69) is 10.4 Å². The van der Waals surface area contributed by atoms with Crippen LogP contribution in [0.25, 0.3) is 0 Å². The number of para-hydroxylation sites is 1. The number of carboxylic acid groups (broad SMARTS) is 1. The Morgan fingerprint density at radius 3 is 2.79 bits per heavy atom. The van der Waals surface area contributed by atoms with Crippen LogP contribution in [-0.2, 0) is 20.1 Å². The molecule has 0 saturated carbocycles. The second kappa shape index (κ2) is 5.53. The van der Waals surface area contributed by atoms with Crippen LogP contribution < -0.4 is 5.32 Å². The molecular formula is C13H15N3O3. The molecule has 3 N–H and O–H groups in total. The predicted molar refractivity (Wildman–Crippen MR) is 68.8 cm³/mol. The molecule has 1 aromatic heterocycles. The number of aromatic nitrogens is 2. The number of aromatic hydroxyl groups is 1. The lowest BCUT2D eigenvalue weighted by atomic mass is 10.2. The number of rotatable bonds is 5. The third-order valence-corrected chi connectivity index (χ3v) is 2.89. The summed E-state index contributed by atoms with van der Waals surface area (Å²) in [7, 11) is 1.70. The maximum absolute atomic E-state index is 11.0. The minimum atomic E-state index is -0.993. The number of hydrogen-bond donors (Lipinski definition) is 3. The van der Waals surface area contributed by atoms with Gasteiger partial charge in [0, 0.05) is 25.7 Å². The molecule has 6 nitrogen and oxygen atoms in total. The Kier molecular flexibility index (Phi) is 3.82. The van der Waals surface area contributed by atoms with Crippen LogP contribution in [0.3, 0.4) is 0 Å². The number of nitrogens with one attached hydrogen (secondary N) is 1. The van der Waals surface area contributed by atoms with Gasteiger partial charge in [-0.2, -0.15) is 5.10 Å². The summed E-state index contributed by atoms with van der Waals surface area (Å²) in [4.78, 5) is 11.0. The highest BCUT2D eigenvalue weighted by molar-refractivity contribution is 5.88. The van der Waals surface area contributed by atoms with Crippen molar-refractivity contribution in [2.24, 2.45) is 7.05 Å². The minimum absolute atomic E-state index is 0.187. The lowest BCUT2D eigenvalue weighted by Gasteiger charge is -2.08. The van der Waals surface area contributed by atoms with E-state index in [1.807, 2.05) is 12.1 Å². The molecule has 0 radical (unpaired) electrons. The second-order valence-electron chi connectivity index (χ2n) is 4.17. The summed E-state index contributed by atoms with van der Waals surface area (Å²) in [6, 6.07) is 7.01. The molecule has 0 saturated heterocycles. The van der Waals surface area contributed by atoms with Gasteiger partial charge in [-0.05, 0) is 6.07 Å². The first kappa shape index (κ1) is 13.1. The molecule has 0 amide bonds. The molecule has 1 aromatic carbocycles. The molecule has 6 heteroatoms. The summed E-state index contributed by atoms with van der Waals surface area (Å²) in [5.74, 6) is -0.772. The molecule has 0 aliphatic rings. The Balaban J connectivity index is 2.02.